The average molecular weight is 367 g/mol. The molecule has 3 heterocycles. The first kappa shape index (κ1) is 17.6. The zero-order valence-corrected chi connectivity index (χ0v) is 15.3. The minimum atomic E-state index is -3.65. The highest BCUT2D eigenvalue weighted by atomic mass is 32.2. The van der Waals surface area contributed by atoms with Gasteiger partial charge in [-0.05, 0) is 20.3 Å². The van der Waals surface area contributed by atoms with Gasteiger partial charge in [-0.2, -0.15) is 4.31 Å². The molecule has 0 unspecified atom stereocenters. The predicted octanol–water partition coefficient (Wildman–Crippen LogP) is 0.562. The van der Waals surface area contributed by atoms with E-state index in [1.165, 1.54) is 16.8 Å². The average Bonchev–Trinajstić information content (AvgIpc) is 3.03. The van der Waals surface area contributed by atoms with Gasteiger partial charge in [-0.15, -0.1) is 0 Å². The Bertz CT molecular complexity index is 866. The van der Waals surface area contributed by atoms with Gasteiger partial charge < -0.3 is 14.0 Å². The van der Waals surface area contributed by atoms with Crippen LogP contribution in [-0.2, 0) is 17.1 Å². The summed E-state index contributed by atoms with van der Waals surface area (Å²) < 4.78 is 33.4. The second-order valence-electron chi connectivity index (χ2n) is 6.13. The number of nitrogens with zero attached hydrogens (tertiary/aromatic N) is 5. The zero-order valence-electron chi connectivity index (χ0n) is 14.5. The van der Waals surface area contributed by atoms with Crippen LogP contribution < -0.4 is 0 Å². The van der Waals surface area contributed by atoms with Gasteiger partial charge in [0.05, 0.1) is 12.0 Å². The maximum Gasteiger partial charge on any atom is 0.262 e. The first-order valence-corrected chi connectivity index (χ1v) is 9.45. The second kappa shape index (κ2) is 6.60. The van der Waals surface area contributed by atoms with Crippen molar-refractivity contribution < 1.29 is 17.7 Å². The molecular formula is C15H21N5O4S. The Kier molecular flexibility index (Phi) is 4.65. The van der Waals surface area contributed by atoms with E-state index in [2.05, 4.69) is 10.1 Å². The molecule has 1 aliphatic rings. The SMILES string of the molecule is Cc1noc(C)c1C(=O)N1CCCN(S(=O)(=O)c2cn(C)cn2)CC1. The second-order valence-corrected chi connectivity index (χ2v) is 8.01. The molecule has 2 aromatic rings. The van der Waals surface area contributed by atoms with Crippen molar-refractivity contribution in [3.05, 3.63) is 29.5 Å². The van der Waals surface area contributed by atoms with Crippen LogP contribution in [0.2, 0.25) is 0 Å². The van der Waals surface area contributed by atoms with E-state index < -0.39 is 10.0 Å². The summed E-state index contributed by atoms with van der Waals surface area (Å²) >= 11 is 0. The number of hydrogen-bond acceptors (Lipinski definition) is 6. The Labute approximate surface area is 146 Å². The van der Waals surface area contributed by atoms with E-state index >= 15 is 0 Å². The van der Waals surface area contributed by atoms with Crippen molar-refractivity contribution in [3.8, 4) is 0 Å². The van der Waals surface area contributed by atoms with E-state index in [0.29, 0.717) is 43.1 Å². The number of sulfonamides is 1. The molecule has 0 aliphatic carbocycles. The number of carbonyl (C=O) groups is 1. The van der Waals surface area contributed by atoms with Crippen molar-refractivity contribution >= 4 is 15.9 Å². The van der Waals surface area contributed by atoms with Gasteiger partial charge in [0.15, 0.2) is 5.03 Å². The van der Waals surface area contributed by atoms with Crippen LogP contribution in [0.15, 0.2) is 22.1 Å². The van der Waals surface area contributed by atoms with E-state index in [-0.39, 0.29) is 17.5 Å². The molecule has 1 fully saturated rings. The highest BCUT2D eigenvalue weighted by Crippen LogP contribution is 2.19. The molecule has 0 N–H and O–H groups in total. The van der Waals surface area contributed by atoms with Crippen LogP contribution in [0.4, 0.5) is 0 Å². The van der Waals surface area contributed by atoms with E-state index in [1.807, 2.05) is 0 Å². The Morgan fingerprint density at radius 3 is 2.56 bits per heavy atom. The molecule has 0 radical (unpaired) electrons. The highest BCUT2D eigenvalue weighted by molar-refractivity contribution is 7.89. The van der Waals surface area contributed by atoms with Gasteiger partial charge in [0, 0.05) is 39.4 Å². The third-order valence-corrected chi connectivity index (χ3v) is 6.06. The van der Waals surface area contributed by atoms with Crippen LogP contribution in [-0.4, -0.2) is 64.4 Å². The quantitative estimate of drug-likeness (QED) is 0.786. The predicted molar refractivity (Wildman–Crippen MR) is 88.5 cm³/mol. The normalized spacial score (nSPS) is 16.8. The van der Waals surface area contributed by atoms with Crippen LogP contribution in [0.1, 0.15) is 28.2 Å². The number of aryl methyl sites for hydroxylation is 3. The molecule has 0 bridgehead atoms. The molecule has 25 heavy (non-hydrogen) atoms. The number of rotatable bonds is 3. The van der Waals surface area contributed by atoms with Crippen molar-refractivity contribution in [3.63, 3.8) is 0 Å². The molecule has 136 valence electrons. The lowest BCUT2D eigenvalue weighted by molar-refractivity contribution is 0.0762. The topological polar surface area (TPSA) is 102 Å². The van der Waals surface area contributed by atoms with E-state index in [1.54, 1.807) is 30.4 Å². The lowest BCUT2D eigenvalue weighted by atomic mass is 10.1. The van der Waals surface area contributed by atoms with Crippen LogP contribution in [0, 0.1) is 13.8 Å². The molecule has 0 atom stereocenters. The van der Waals surface area contributed by atoms with Gasteiger partial charge in [0.25, 0.3) is 15.9 Å². The van der Waals surface area contributed by atoms with Gasteiger partial charge in [0.2, 0.25) is 0 Å². The Morgan fingerprint density at radius 1 is 1.20 bits per heavy atom. The van der Waals surface area contributed by atoms with Crippen molar-refractivity contribution in [2.75, 3.05) is 26.2 Å². The highest BCUT2D eigenvalue weighted by Gasteiger charge is 2.31. The van der Waals surface area contributed by atoms with E-state index in [9.17, 15) is 13.2 Å². The van der Waals surface area contributed by atoms with E-state index in [0.717, 1.165) is 0 Å². The fraction of sp³-hybridized carbons (Fsp3) is 0.533. The van der Waals surface area contributed by atoms with Gasteiger partial charge in [-0.3, -0.25) is 4.79 Å². The molecule has 9 nitrogen and oxygen atoms in total. The summed E-state index contributed by atoms with van der Waals surface area (Å²) in [4.78, 5) is 18.3. The third-order valence-electron chi connectivity index (χ3n) is 4.27. The standard InChI is InChI=1S/C15H21N5O4S/c1-11-14(12(2)24-17-11)15(21)19-5-4-6-20(8-7-19)25(22,23)13-9-18(3)10-16-13/h9-10H,4-8H2,1-3H3. The van der Waals surface area contributed by atoms with Gasteiger partial charge >= 0.3 is 0 Å². The lowest BCUT2D eigenvalue weighted by Crippen LogP contribution is -2.37. The molecule has 1 saturated heterocycles. The maximum absolute atomic E-state index is 12.7. The summed E-state index contributed by atoms with van der Waals surface area (Å²) in [5.74, 6) is 0.304. The molecule has 2 aromatic heterocycles. The minimum absolute atomic E-state index is 0.0282. The smallest absolute Gasteiger partial charge is 0.262 e. The van der Waals surface area contributed by atoms with Crippen molar-refractivity contribution in [2.45, 2.75) is 25.3 Å². The first-order chi connectivity index (χ1) is 11.8. The minimum Gasteiger partial charge on any atom is -0.361 e. The molecule has 1 amide bonds. The number of carbonyl (C=O) groups excluding carboxylic acids is 1. The number of aromatic nitrogens is 3. The fourth-order valence-corrected chi connectivity index (χ4v) is 4.37. The molecule has 0 aromatic carbocycles. The molecular weight excluding hydrogens is 346 g/mol. The lowest BCUT2D eigenvalue weighted by Gasteiger charge is -2.21. The summed E-state index contributed by atoms with van der Waals surface area (Å²) in [6.07, 6.45) is 3.49. The summed E-state index contributed by atoms with van der Waals surface area (Å²) in [7, 11) is -1.93. The van der Waals surface area contributed by atoms with Crippen LogP contribution in [0.3, 0.4) is 0 Å². The van der Waals surface area contributed by atoms with Gasteiger partial charge in [0.1, 0.15) is 11.3 Å². The molecule has 0 saturated carbocycles. The molecule has 1 aliphatic heterocycles. The summed E-state index contributed by atoms with van der Waals surface area (Å²) in [5.41, 5.74) is 1.01. The zero-order chi connectivity index (χ0) is 18.2. The summed E-state index contributed by atoms with van der Waals surface area (Å²) in [6.45, 7) is 4.80. The number of hydrogen-bond donors (Lipinski definition) is 0. The number of amides is 1. The third kappa shape index (κ3) is 3.31. The number of imidazole rings is 1. The van der Waals surface area contributed by atoms with E-state index in [4.69, 9.17) is 4.52 Å². The van der Waals surface area contributed by atoms with Crippen molar-refractivity contribution in [2.24, 2.45) is 7.05 Å². The van der Waals surface area contributed by atoms with Crippen molar-refractivity contribution in [1.29, 1.82) is 0 Å². The van der Waals surface area contributed by atoms with Gasteiger partial charge in [-0.25, -0.2) is 13.4 Å². The Balaban J connectivity index is 1.76. The maximum atomic E-state index is 12.7. The Morgan fingerprint density at radius 2 is 1.96 bits per heavy atom. The van der Waals surface area contributed by atoms with Gasteiger partial charge in [-0.1, -0.05) is 5.16 Å². The first-order valence-electron chi connectivity index (χ1n) is 8.01. The van der Waals surface area contributed by atoms with Crippen LogP contribution in [0.25, 0.3) is 0 Å². The largest absolute Gasteiger partial charge is 0.361 e. The fourth-order valence-electron chi connectivity index (χ4n) is 2.94. The molecule has 10 heteroatoms. The van der Waals surface area contributed by atoms with Crippen LogP contribution >= 0.6 is 0 Å². The molecule has 0 spiro atoms. The summed E-state index contributed by atoms with van der Waals surface area (Å²) in [5, 5.41) is 3.84. The molecule has 3 rings (SSSR count). The monoisotopic (exact) mass is 367 g/mol. The Hall–Kier alpha value is -2.20. The van der Waals surface area contributed by atoms with Crippen LogP contribution in [0.5, 0.6) is 0 Å². The van der Waals surface area contributed by atoms with Crippen molar-refractivity contribution in [1.82, 2.24) is 23.9 Å². The summed E-state index contributed by atoms with van der Waals surface area (Å²) in [6, 6.07) is 0.